The molecule has 0 saturated heterocycles. The second-order valence-corrected chi connectivity index (χ2v) is 1.83. The fourth-order valence-electron chi connectivity index (χ4n) is 0.776. The Morgan fingerprint density at radius 2 is 1.90 bits per heavy atom. The Balaban J connectivity index is 3.09. The van der Waals surface area contributed by atoms with Gasteiger partial charge in [-0.25, -0.2) is 9.97 Å². The van der Waals surface area contributed by atoms with Crippen LogP contribution in [0, 0.1) is 0 Å². The van der Waals surface area contributed by atoms with Crippen molar-refractivity contribution in [3.05, 3.63) is 23.0 Å². The summed E-state index contributed by atoms with van der Waals surface area (Å²) in [5.74, 6) is 0. The number of nitrogens with one attached hydrogen (secondary N) is 2. The molecule has 0 aromatic carbocycles. The average molecular weight is 137 g/mol. The summed E-state index contributed by atoms with van der Waals surface area (Å²) in [4.78, 5) is 23.6. The van der Waals surface area contributed by atoms with E-state index in [1.807, 2.05) is 0 Å². The number of nitrogens with zero attached hydrogens (tertiary/aromatic N) is 2. The molecule has 0 atom stereocenters. The Morgan fingerprint density at radius 3 is 2.60 bits per heavy atom. The van der Waals surface area contributed by atoms with Gasteiger partial charge in [0.25, 0.3) is 5.56 Å². The highest BCUT2D eigenvalue weighted by Crippen LogP contribution is 1.94. The molecule has 2 heterocycles. The number of hydrogen-bond donors (Lipinski definition) is 2. The first kappa shape index (κ1) is 5.16. The largest absolute Gasteiger partial charge is 0.339 e. The molecule has 0 bridgehead atoms. The summed E-state index contributed by atoms with van der Waals surface area (Å²) in [6.07, 6.45) is 2.76. The monoisotopic (exact) mass is 137 g/mol. The molecular formula is C5H4N4O. The van der Waals surface area contributed by atoms with Crippen molar-refractivity contribution in [2.75, 3.05) is 0 Å². The van der Waals surface area contributed by atoms with Crippen molar-refractivity contribution in [3.63, 3.8) is 0 Å². The highest BCUT2D eigenvalue weighted by Gasteiger charge is 1.97. The Labute approximate surface area is 55.1 Å². The molecule has 0 aliphatic heterocycles. The normalized spacial score (nSPS) is 10.4. The van der Waals surface area contributed by atoms with E-state index in [0.29, 0.717) is 11.2 Å². The van der Waals surface area contributed by atoms with Crippen LogP contribution in [0.2, 0.25) is 0 Å². The van der Waals surface area contributed by atoms with E-state index in [4.69, 9.17) is 0 Å². The molecule has 0 saturated carbocycles. The van der Waals surface area contributed by atoms with Gasteiger partial charge in [-0.15, -0.1) is 0 Å². The molecule has 2 rings (SSSR count). The van der Waals surface area contributed by atoms with Gasteiger partial charge in [0.15, 0.2) is 11.2 Å². The predicted octanol–water partition coefficient (Wildman–Crippen LogP) is -0.354. The number of imidazole rings is 1. The van der Waals surface area contributed by atoms with Crippen LogP contribution in [0.3, 0.4) is 0 Å². The first-order chi connectivity index (χ1) is 4.88. The zero-order chi connectivity index (χ0) is 6.97. The minimum absolute atomic E-state index is 0.192. The Bertz CT molecular complexity index is 401. The van der Waals surface area contributed by atoms with Crippen LogP contribution < -0.4 is 5.56 Å². The Morgan fingerprint density at radius 1 is 1.20 bits per heavy atom. The zero-order valence-electron chi connectivity index (χ0n) is 4.96. The van der Waals surface area contributed by atoms with Gasteiger partial charge in [0.05, 0.1) is 12.7 Å². The van der Waals surface area contributed by atoms with Crippen molar-refractivity contribution in [2.45, 2.75) is 0 Å². The van der Waals surface area contributed by atoms with Gasteiger partial charge >= 0.3 is 0 Å². The maximum atomic E-state index is 10.9. The summed E-state index contributed by atoms with van der Waals surface area (Å²) < 4.78 is 0. The highest BCUT2D eigenvalue weighted by molar-refractivity contribution is 5.67. The molecule has 50 valence electrons. The molecule has 5 nitrogen and oxygen atoms in total. The number of H-pyrrole nitrogens is 2. The third kappa shape index (κ3) is 0.540. The van der Waals surface area contributed by atoms with Crippen LogP contribution in [0.25, 0.3) is 11.2 Å². The second kappa shape index (κ2) is 1.66. The molecule has 0 radical (unpaired) electrons. The number of aromatic nitrogens is 4. The lowest BCUT2D eigenvalue weighted by molar-refractivity contribution is 1.15. The van der Waals surface area contributed by atoms with Gasteiger partial charge in [0, 0.05) is 0 Å². The van der Waals surface area contributed by atoms with Crippen molar-refractivity contribution in [1.82, 2.24) is 19.9 Å². The van der Waals surface area contributed by atoms with Gasteiger partial charge in [-0.1, -0.05) is 0 Å². The molecule has 0 spiro atoms. The minimum atomic E-state index is -0.192. The topological polar surface area (TPSA) is 74.4 Å². The highest BCUT2D eigenvalue weighted by atomic mass is 16.1. The lowest BCUT2D eigenvalue weighted by atomic mass is 10.6. The first-order valence-corrected chi connectivity index (χ1v) is 2.75. The molecule has 2 N–H and O–H groups in total. The Kier molecular flexibility index (Phi) is 0.858. The number of rotatable bonds is 0. The van der Waals surface area contributed by atoms with Gasteiger partial charge in [-0.2, -0.15) is 0 Å². The standard InChI is InChI=1S/C5H4N4O/c10-5-3-4(7-1-6-3)8-2-9-5/h1-2H,(H2,6,7,8,9,10)/i8+1,9+0. The van der Waals surface area contributed by atoms with Crippen LogP contribution in [-0.4, -0.2) is 19.9 Å². The van der Waals surface area contributed by atoms with E-state index < -0.39 is 0 Å². The molecule has 2 aromatic heterocycles. The molecular weight excluding hydrogens is 133 g/mol. The summed E-state index contributed by atoms with van der Waals surface area (Å²) in [5.41, 5.74) is 0.675. The van der Waals surface area contributed by atoms with Gasteiger partial charge in [0.2, 0.25) is 0 Å². The van der Waals surface area contributed by atoms with Crippen LogP contribution in [-0.2, 0) is 0 Å². The van der Waals surface area contributed by atoms with E-state index in [9.17, 15) is 4.79 Å². The lowest BCUT2D eigenvalue weighted by Gasteiger charge is -1.81. The van der Waals surface area contributed by atoms with Gasteiger partial charge in [-0.05, 0) is 0 Å². The smallest absolute Gasteiger partial charge is 0.276 e. The minimum Gasteiger partial charge on any atom is -0.339 e. The first-order valence-electron chi connectivity index (χ1n) is 2.75. The second-order valence-electron chi connectivity index (χ2n) is 1.83. The van der Waals surface area contributed by atoms with Crippen LogP contribution in [0.5, 0.6) is 0 Å². The fraction of sp³-hybridized carbons (Fsp3) is 0. The summed E-state index contributed by atoms with van der Waals surface area (Å²) in [7, 11) is 0. The fourth-order valence-corrected chi connectivity index (χ4v) is 0.776. The van der Waals surface area contributed by atoms with Gasteiger partial charge in [-0.3, -0.25) is 4.79 Å². The van der Waals surface area contributed by atoms with Crippen molar-refractivity contribution in [1.29, 1.82) is 0 Å². The van der Waals surface area contributed by atoms with E-state index >= 15 is 0 Å². The van der Waals surface area contributed by atoms with Gasteiger partial charge < -0.3 is 9.97 Å². The molecule has 10 heavy (non-hydrogen) atoms. The zero-order valence-corrected chi connectivity index (χ0v) is 4.96. The molecule has 0 fully saturated rings. The molecule has 0 unspecified atom stereocenters. The van der Waals surface area contributed by atoms with E-state index in [0.717, 1.165) is 0 Å². The van der Waals surface area contributed by atoms with Crippen LogP contribution in [0.15, 0.2) is 17.4 Å². The molecule has 0 aliphatic rings. The molecule has 0 amide bonds. The molecule has 0 aliphatic carbocycles. The van der Waals surface area contributed by atoms with Gasteiger partial charge in [0.1, 0.15) is 0 Å². The van der Waals surface area contributed by atoms with Crippen molar-refractivity contribution < 1.29 is 0 Å². The van der Waals surface area contributed by atoms with E-state index in [2.05, 4.69) is 19.9 Å². The Hall–Kier alpha value is -1.65. The SMILES string of the molecule is O=c1[14nH]c[15n]c2nc[nH]c12. The van der Waals surface area contributed by atoms with Crippen molar-refractivity contribution in [2.24, 2.45) is 0 Å². The van der Waals surface area contributed by atoms with Crippen LogP contribution in [0.4, 0.5) is 0 Å². The van der Waals surface area contributed by atoms with Crippen molar-refractivity contribution >= 4 is 11.2 Å². The third-order valence-corrected chi connectivity index (χ3v) is 1.23. The van der Waals surface area contributed by atoms with E-state index in [1.54, 1.807) is 0 Å². The predicted molar refractivity (Wildman–Crippen MR) is 34.5 cm³/mol. The van der Waals surface area contributed by atoms with E-state index in [1.165, 1.54) is 12.7 Å². The maximum absolute atomic E-state index is 10.9. The molecule has 2 aromatic rings. The van der Waals surface area contributed by atoms with E-state index in [-0.39, 0.29) is 5.56 Å². The number of aromatic amines is 2. The number of hydrogen-bond acceptors (Lipinski definition) is 3. The molecule has 5 heteroatoms. The number of fused-ring (bicyclic) bond motifs is 1. The maximum Gasteiger partial charge on any atom is 0.276 e. The third-order valence-electron chi connectivity index (χ3n) is 1.23. The van der Waals surface area contributed by atoms with Crippen LogP contribution >= 0.6 is 0 Å². The quantitative estimate of drug-likeness (QED) is 0.521. The lowest BCUT2D eigenvalue weighted by Crippen LogP contribution is -2.05. The average Bonchev–Trinajstić information content (AvgIpc) is 2.36. The summed E-state index contributed by atoms with van der Waals surface area (Å²) in [6, 6.07) is 0. The summed E-state index contributed by atoms with van der Waals surface area (Å²) in [6.45, 7) is 0. The summed E-state index contributed by atoms with van der Waals surface area (Å²) >= 11 is 0. The van der Waals surface area contributed by atoms with Crippen LogP contribution in [0.1, 0.15) is 0 Å². The van der Waals surface area contributed by atoms with Crippen molar-refractivity contribution in [3.8, 4) is 0 Å². The summed E-state index contributed by atoms with van der Waals surface area (Å²) in [5, 5.41) is 0.